The summed E-state index contributed by atoms with van der Waals surface area (Å²) in [5.74, 6) is 2.03. The largest absolute Gasteiger partial charge is 0.673 e. The zero-order valence-corrected chi connectivity index (χ0v) is 12.8. The van der Waals surface area contributed by atoms with Crippen LogP contribution in [0.5, 0.6) is 0 Å². The zero-order valence-electron chi connectivity index (χ0n) is 12.8. The van der Waals surface area contributed by atoms with Gasteiger partial charge in [-0.3, -0.25) is 0 Å². The first kappa shape index (κ1) is 16.2. The Balaban J connectivity index is 0.000000282. The summed E-state index contributed by atoms with van der Waals surface area (Å²) in [6, 6.07) is 0. The Kier molecular flexibility index (Phi) is 3.82. The third-order valence-electron chi connectivity index (χ3n) is 4.37. The maximum atomic E-state index is 9.75. The molecule has 0 atom stereocenters. The van der Waals surface area contributed by atoms with Crippen LogP contribution >= 0.6 is 0 Å². The molecule has 0 fully saturated rings. The van der Waals surface area contributed by atoms with Crippen molar-refractivity contribution in [2.24, 2.45) is 0 Å². The normalized spacial score (nSPS) is 25.6. The van der Waals surface area contributed by atoms with Gasteiger partial charge in [-0.25, -0.2) is 0 Å². The fourth-order valence-corrected chi connectivity index (χ4v) is 3.14. The number of halogens is 4. The molecule has 0 bridgehead atoms. The molecule has 1 aromatic rings. The van der Waals surface area contributed by atoms with Gasteiger partial charge >= 0.3 is 7.25 Å². The molecule has 2 aliphatic heterocycles. The second-order valence-corrected chi connectivity index (χ2v) is 7.05. The van der Waals surface area contributed by atoms with Gasteiger partial charge in [0.1, 0.15) is 16.3 Å². The monoisotopic (exact) mass is 308 g/mol. The Morgan fingerprint density at radius 3 is 2.19 bits per heavy atom. The molecule has 0 unspecified atom stereocenters. The second kappa shape index (κ2) is 4.95. The van der Waals surface area contributed by atoms with Gasteiger partial charge < -0.3 is 17.3 Å². The van der Waals surface area contributed by atoms with E-state index in [2.05, 4.69) is 47.5 Å². The van der Waals surface area contributed by atoms with Crippen LogP contribution in [-0.4, -0.2) is 22.4 Å². The number of nitrogens with zero attached hydrogens (tertiary/aromatic N) is 4. The van der Waals surface area contributed by atoms with Crippen LogP contribution in [-0.2, 0) is 11.1 Å². The predicted molar refractivity (Wildman–Crippen MR) is 70.3 cm³/mol. The van der Waals surface area contributed by atoms with E-state index in [1.165, 1.54) is 31.5 Å². The number of aromatic nitrogens is 4. The summed E-state index contributed by atoms with van der Waals surface area (Å²) >= 11 is 0. The van der Waals surface area contributed by atoms with Crippen LogP contribution in [0.1, 0.15) is 65.1 Å². The Morgan fingerprint density at radius 1 is 1.10 bits per heavy atom. The summed E-state index contributed by atoms with van der Waals surface area (Å²) in [7, 11) is -6.00. The fraction of sp³-hybridized carbons (Fsp3) is 0.917. The topological polar surface area (TPSA) is 34.6 Å². The molecule has 21 heavy (non-hydrogen) atoms. The molecular formula is C12H21BF4N4. The van der Waals surface area contributed by atoms with E-state index < -0.39 is 7.25 Å². The van der Waals surface area contributed by atoms with Gasteiger partial charge in [0.15, 0.2) is 5.21 Å². The minimum Gasteiger partial charge on any atom is -0.418 e. The lowest BCUT2D eigenvalue weighted by molar-refractivity contribution is -0.822. The highest BCUT2D eigenvalue weighted by molar-refractivity contribution is 6.50. The molecule has 2 aliphatic rings. The van der Waals surface area contributed by atoms with Gasteiger partial charge in [-0.1, -0.05) is 4.68 Å². The summed E-state index contributed by atoms with van der Waals surface area (Å²) in [5, 5.41) is 8.79. The van der Waals surface area contributed by atoms with E-state index in [-0.39, 0.29) is 11.1 Å². The standard InChI is InChI=1S/C12H21N4.BF4/c1-11(2)7-5-9-6-8-12(3,4)16-10(9)15(11)13-14-16;2-1(3,4)5/h9H,5-8H2,1-4H3;/q+1;-1. The molecule has 0 saturated heterocycles. The van der Waals surface area contributed by atoms with Crippen LogP contribution in [0.25, 0.3) is 0 Å². The minimum absolute atomic E-state index is 0.136. The highest BCUT2D eigenvalue weighted by Gasteiger charge is 2.49. The fourth-order valence-electron chi connectivity index (χ4n) is 3.14. The summed E-state index contributed by atoms with van der Waals surface area (Å²) in [6.07, 6.45) is 5.01. The van der Waals surface area contributed by atoms with Crippen molar-refractivity contribution >= 4 is 7.25 Å². The van der Waals surface area contributed by atoms with Crippen LogP contribution in [0.2, 0.25) is 0 Å². The smallest absolute Gasteiger partial charge is 0.418 e. The maximum Gasteiger partial charge on any atom is 0.673 e. The Bertz CT molecular complexity index is 480. The molecule has 0 N–H and O–H groups in total. The highest BCUT2D eigenvalue weighted by Crippen LogP contribution is 2.41. The zero-order chi connectivity index (χ0) is 16.1. The molecule has 0 aromatic carbocycles. The van der Waals surface area contributed by atoms with Gasteiger partial charge in [0.05, 0.1) is 5.92 Å². The number of tetrazole rings is 1. The van der Waals surface area contributed by atoms with Gasteiger partial charge in [0, 0.05) is 0 Å². The number of rotatable bonds is 0. The summed E-state index contributed by atoms with van der Waals surface area (Å²) in [6.45, 7) is 9.06. The molecule has 1 aromatic heterocycles. The quantitative estimate of drug-likeness (QED) is 0.419. The van der Waals surface area contributed by atoms with Crippen molar-refractivity contribution in [3.63, 3.8) is 0 Å². The average Bonchev–Trinajstić information content (AvgIpc) is 2.72. The number of hydrogen-bond acceptors (Lipinski definition) is 2. The van der Waals surface area contributed by atoms with Crippen LogP contribution < -0.4 is 4.68 Å². The molecule has 0 spiro atoms. The van der Waals surface area contributed by atoms with Crippen LogP contribution in [0.3, 0.4) is 0 Å². The molecule has 0 saturated carbocycles. The molecule has 0 aliphatic carbocycles. The van der Waals surface area contributed by atoms with E-state index in [9.17, 15) is 17.3 Å². The van der Waals surface area contributed by atoms with E-state index in [0.29, 0.717) is 5.92 Å². The van der Waals surface area contributed by atoms with Crippen molar-refractivity contribution < 1.29 is 21.9 Å². The SMILES string of the molecule is CC1(C)CCC2CCC(C)(C)[n+]3nnn1c32.F[B-](F)(F)F. The van der Waals surface area contributed by atoms with Crippen LogP contribution in [0, 0.1) is 0 Å². The first-order valence-electron chi connectivity index (χ1n) is 7.18. The molecule has 0 radical (unpaired) electrons. The predicted octanol–water partition coefficient (Wildman–Crippen LogP) is 3.01. The van der Waals surface area contributed by atoms with Crippen molar-refractivity contribution in [1.82, 2.24) is 15.1 Å². The highest BCUT2D eigenvalue weighted by atomic mass is 19.5. The first-order chi connectivity index (χ1) is 9.42. The molecule has 9 heteroatoms. The first-order valence-corrected chi connectivity index (χ1v) is 7.18. The third-order valence-corrected chi connectivity index (χ3v) is 4.37. The second-order valence-electron chi connectivity index (χ2n) is 7.05. The average molecular weight is 308 g/mol. The van der Waals surface area contributed by atoms with E-state index in [4.69, 9.17) is 0 Å². The molecule has 0 amide bonds. The molecule has 3 rings (SSSR count). The van der Waals surface area contributed by atoms with Crippen molar-refractivity contribution in [3.05, 3.63) is 5.82 Å². The Labute approximate surface area is 121 Å². The van der Waals surface area contributed by atoms with Gasteiger partial charge in [0.25, 0.3) is 5.82 Å². The van der Waals surface area contributed by atoms with Gasteiger partial charge in [-0.2, -0.15) is 0 Å². The summed E-state index contributed by atoms with van der Waals surface area (Å²) in [4.78, 5) is 0. The van der Waals surface area contributed by atoms with E-state index >= 15 is 0 Å². The summed E-state index contributed by atoms with van der Waals surface area (Å²) < 4.78 is 43.3. The molecular weight excluding hydrogens is 287 g/mol. The van der Waals surface area contributed by atoms with Crippen molar-refractivity contribution in [3.8, 4) is 0 Å². The van der Waals surface area contributed by atoms with Crippen LogP contribution in [0.4, 0.5) is 17.3 Å². The van der Waals surface area contributed by atoms with Crippen molar-refractivity contribution in [2.45, 2.75) is 70.4 Å². The summed E-state index contributed by atoms with van der Waals surface area (Å²) in [5.41, 5.74) is 0.273. The van der Waals surface area contributed by atoms with Crippen LogP contribution in [0.15, 0.2) is 0 Å². The lowest BCUT2D eigenvalue weighted by Crippen LogP contribution is -2.61. The molecule has 3 heterocycles. The van der Waals surface area contributed by atoms with E-state index in [0.717, 1.165) is 0 Å². The minimum atomic E-state index is -6.00. The van der Waals surface area contributed by atoms with E-state index in [1.807, 2.05) is 0 Å². The van der Waals surface area contributed by atoms with Gasteiger partial charge in [-0.05, 0) is 53.4 Å². The van der Waals surface area contributed by atoms with Crippen molar-refractivity contribution in [1.29, 1.82) is 0 Å². The molecule has 120 valence electrons. The third kappa shape index (κ3) is 3.37. The van der Waals surface area contributed by atoms with Gasteiger partial charge in [-0.15, -0.1) is 4.68 Å². The lowest BCUT2D eigenvalue weighted by Gasteiger charge is -2.35. The Hall–Kier alpha value is -1.15. The number of hydrogen-bond donors (Lipinski definition) is 0. The molecule has 4 nitrogen and oxygen atoms in total. The van der Waals surface area contributed by atoms with Gasteiger partial charge in [0.2, 0.25) is 0 Å². The van der Waals surface area contributed by atoms with Crippen molar-refractivity contribution in [2.75, 3.05) is 0 Å². The lowest BCUT2D eigenvalue weighted by atomic mass is 9.79. The van der Waals surface area contributed by atoms with E-state index in [1.54, 1.807) is 0 Å². The maximum absolute atomic E-state index is 9.75. The Morgan fingerprint density at radius 2 is 1.62 bits per heavy atom.